The van der Waals surface area contributed by atoms with Crippen molar-refractivity contribution < 1.29 is 4.74 Å². The Bertz CT molecular complexity index is 661. The quantitative estimate of drug-likeness (QED) is 0.870. The third kappa shape index (κ3) is 3.22. The van der Waals surface area contributed by atoms with Crippen LogP contribution >= 0.6 is 0 Å². The number of hydrogen-bond donors (Lipinski definition) is 0. The predicted molar refractivity (Wildman–Crippen MR) is 89.1 cm³/mol. The molecule has 3 atom stereocenters. The van der Waals surface area contributed by atoms with Crippen molar-refractivity contribution in [2.75, 3.05) is 13.1 Å². The molecule has 1 aliphatic carbocycles. The molecule has 3 heterocycles. The molecular formula is C19H23N3O. The van der Waals surface area contributed by atoms with Crippen LogP contribution in [0.25, 0.3) is 0 Å². The Morgan fingerprint density at radius 1 is 1.17 bits per heavy atom. The van der Waals surface area contributed by atoms with E-state index in [4.69, 9.17) is 4.74 Å². The van der Waals surface area contributed by atoms with Crippen molar-refractivity contribution in [3.8, 4) is 5.75 Å². The lowest BCUT2D eigenvalue weighted by molar-refractivity contribution is 0.147. The average Bonchev–Trinajstić information content (AvgIpc) is 3.10. The Hall–Kier alpha value is -1.94. The molecule has 2 fully saturated rings. The van der Waals surface area contributed by atoms with Crippen LogP contribution in [0, 0.1) is 18.8 Å². The van der Waals surface area contributed by atoms with Crippen molar-refractivity contribution in [3.63, 3.8) is 0 Å². The highest BCUT2D eigenvalue weighted by atomic mass is 16.5. The van der Waals surface area contributed by atoms with Crippen molar-refractivity contribution in [1.82, 2.24) is 14.9 Å². The van der Waals surface area contributed by atoms with Crippen molar-refractivity contribution in [1.29, 1.82) is 0 Å². The Kier molecular flexibility index (Phi) is 4.00. The smallest absolute Gasteiger partial charge is 0.138 e. The molecule has 2 aromatic heterocycles. The van der Waals surface area contributed by atoms with Gasteiger partial charge >= 0.3 is 0 Å². The standard InChI is InChI=1S/C19H23N3O/c1-14-4-2-5-16(21-14)12-22-11-15-7-8-19(18(15)13-22)23-17-6-3-9-20-10-17/h2-6,9-10,15,18-19H,7-8,11-13H2,1H3/t15-,18+,19-/m1/s1. The minimum atomic E-state index is 0.333. The number of aromatic nitrogens is 2. The third-order valence-electron chi connectivity index (χ3n) is 5.12. The molecule has 23 heavy (non-hydrogen) atoms. The van der Waals surface area contributed by atoms with Crippen molar-refractivity contribution in [2.45, 2.75) is 32.4 Å². The maximum Gasteiger partial charge on any atom is 0.138 e. The van der Waals surface area contributed by atoms with Crippen LogP contribution in [-0.2, 0) is 6.54 Å². The molecular weight excluding hydrogens is 286 g/mol. The van der Waals surface area contributed by atoms with E-state index in [2.05, 4.69) is 40.0 Å². The highest BCUT2D eigenvalue weighted by Gasteiger charge is 2.43. The molecule has 0 bridgehead atoms. The third-order valence-corrected chi connectivity index (χ3v) is 5.12. The van der Waals surface area contributed by atoms with Crippen LogP contribution in [0.15, 0.2) is 42.7 Å². The highest BCUT2D eigenvalue weighted by molar-refractivity contribution is 5.17. The lowest BCUT2D eigenvalue weighted by Gasteiger charge is -2.21. The van der Waals surface area contributed by atoms with Crippen molar-refractivity contribution in [2.24, 2.45) is 11.8 Å². The molecule has 1 saturated heterocycles. The van der Waals surface area contributed by atoms with Gasteiger partial charge in [-0.1, -0.05) is 6.07 Å². The summed E-state index contributed by atoms with van der Waals surface area (Å²) in [6.07, 6.45) is 6.38. The number of fused-ring (bicyclic) bond motifs is 1. The van der Waals surface area contributed by atoms with Gasteiger partial charge in [0, 0.05) is 37.4 Å². The predicted octanol–water partition coefficient (Wildman–Crippen LogP) is 3.07. The summed E-state index contributed by atoms with van der Waals surface area (Å²) in [6, 6.07) is 10.2. The summed E-state index contributed by atoms with van der Waals surface area (Å²) in [5, 5.41) is 0. The first kappa shape index (κ1) is 14.6. The Labute approximate surface area is 137 Å². The number of nitrogens with zero attached hydrogens (tertiary/aromatic N) is 3. The largest absolute Gasteiger partial charge is 0.488 e. The first-order valence-corrected chi connectivity index (χ1v) is 8.49. The second kappa shape index (κ2) is 6.28. The fourth-order valence-electron chi connectivity index (χ4n) is 4.09. The Morgan fingerprint density at radius 2 is 2.13 bits per heavy atom. The molecule has 0 aromatic carbocycles. The van der Waals surface area contributed by atoms with Gasteiger partial charge in [0.1, 0.15) is 11.9 Å². The molecule has 2 aliphatic rings. The molecule has 4 rings (SSSR count). The summed E-state index contributed by atoms with van der Waals surface area (Å²) in [5.74, 6) is 2.30. The molecule has 0 amide bonds. The van der Waals surface area contributed by atoms with Gasteiger partial charge in [-0.2, -0.15) is 0 Å². The summed E-state index contributed by atoms with van der Waals surface area (Å²) in [6.45, 7) is 5.30. The molecule has 4 nitrogen and oxygen atoms in total. The summed E-state index contributed by atoms with van der Waals surface area (Å²) in [4.78, 5) is 11.3. The topological polar surface area (TPSA) is 38.2 Å². The van der Waals surface area contributed by atoms with Crippen LogP contribution < -0.4 is 4.74 Å². The normalized spacial score (nSPS) is 27.1. The summed E-state index contributed by atoms with van der Waals surface area (Å²) < 4.78 is 6.20. The number of rotatable bonds is 4. The summed E-state index contributed by atoms with van der Waals surface area (Å²) >= 11 is 0. The average molecular weight is 309 g/mol. The van der Waals surface area contributed by atoms with Gasteiger partial charge in [0.15, 0.2) is 0 Å². The van der Waals surface area contributed by atoms with E-state index >= 15 is 0 Å². The fourth-order valence-corrected chi connectivity index (χ4v) is 4.09. The van der Waals surface area contributed by atoms with Crippen LogP contribution in [-0.4, -0.2) is 34.1 Å². The van der Waals surface area contributed by atoms with Gasteiger partial charge in [-0.15, -0.1) is 0 Å². The van der Waals surface area contributed by atoms with E-state index < -0.39 is 0 Å². The number of hydrogen-bond acceptors (Lipinski definition) is 4. The summed E-state index contributed by atoms with van der Waals surface area (Å²) in [7, 11) is 0. The zero-order valence-corrected chi connectivity index (χ0v) is 13.6. The van der Waals surface area contributed by atoms with E-state index in [0.29, 0.717) is 12.0 Å². The van der Waals surface area contributed by atoms with E-state index in [0.717, 1.165) is 30.5 Å². The van der Waals surface area contributed by atoms with E-state index in [1.165, 1.54) is 25.1 Å². The first-order valence-electron chi connectivity index (χ1n) is 8.49. The zero-order valence-electron chi connectivity index (χ0n) is 13.6. The number of likely N-dealkylation sites (tertiary alicyclic amines) is 1. The van der Waals surface area contributed by atoms with Gasteiger partial charge < -0.3 is 4.74 Å². The van der Waals surface area contributed by atoms with E-state index in [1.807, 2.05) is 18.3 Å². The van der Waals surface area contributed by atoms with E-state index in [9.17, 15) is 0 Å². The second-order valence-electron chi connectivity index (χ2n) is 6.81. The lowest BCUT2D eigenvalue weighted by Crippen LogP contribution is -2.28. The van der Waals surface area contributed by atoms with Crippen molar-refractivity contribution in [3.05, 3.63) is 54.1 Å². The SMILES string of the molecule is Cc1cccc(CN2C[C@H]3CC[C@@H](Oc4cccnc4)[C@H]3C2)n1. The highest BCUT2D eigenvalue weighted by Crippen LogP contribution is 2.40. The van der Waals surface area contributed by atoms with Crippen LogP contribution in [0.2, 0.25) is 0 Å². The van der Waals surface area contributed by atoms with E-state index in [-0.39, 0.29) is 0 Å². The number of aryl methyl sites for hydroxylation is 1. The molecule has 4 heteroatoms. The number of ether oxygens (including phenoxy) is 1. The summed E-state index contributed by atoms with van der Waals surface area (Å²) in [5.41, 5.74) is 2.27. The van der Waals surface area contributed by atoms with Crippen LogP contribution in [0.4, 0.5) is 0 Å². The molecule has 0 N–H and O–H groups in total. The fraction of sp³-hybridized carbons (Fsp3) is 0.474. The van der Waals surface area contributed by atoms with Crippen LogP contribution in [0.1, 0.15) is 24.2 Å². The van der Waals surface area contributed by atoms with Crippen molar-refractivity contribution >= 4 is 0 Å². The van der Waals surface area contributed by atoms with Gasteiger partial charge in [0.05, 0.1) is 11.9 Å². The minimum absolute atomic E-state index is 0.333. The van der Waals surface area contributed by atoms with Gasteiger partial charge in [0.25, 0.3) is 0 Å². The van der Waals surface area contributed by atoms with E-state index in [1.54, 1.807) is 6.20 Å². The maximum atomic E-state index is 6.20. The molecule has 0 radical (unpaired) electrons. The first-order chi connectivity index (χ1) is 11.3. The lowest BCUT2D eigenvalue weighted by atomic mass is 9.99. The van der Waals surface area contributed by atoms with Gasteiger partial charge in [-0.25, -0.2) is 0 Å². The van der Waals surface area contributed by atoms with Gasteiger partial charge in [-0.3, -0.25) is 14.9 Å². The molecule has 0 spiro atoms. The Morgan fingerprint density at radius 3 is 2.96 bits per heavy atom. The molecule has 0 unspecified atom stereocenters. The van der Waals surface area contributed by atoms with Gasteiger partial charge in [0.2, 0.25) is 0 Å². The van der Waals surface area contributed by atoms with Crippen LogP contribution in [0.5, 0.6) is 5.75 Å². The number of pyridine rings is 2. The molecule has 1 saturated carbocycles. The molecule has 2 aromatic rings. The molecule has 120 valence electrons. The zero-order chi connectivity index (χ0) is 15.6. The van der Waals surface area contributed by atoms with Crippen LogP contribution in [0.3, 0.4) is 0 Å². The van der Waals surface area contributed by atoms with Gasteiger partial charge in [-0.05, 0) is 49.9 Å². The second-order valence-corrected chi connectivity index (χ2v) is 6.81. The maximum absolute atomic E-state index is 6.20. The molecule has 1 aliphatic heterocycles. The monoisotopic (exact) mass is 309 g/mol. The Balaban J connectivity index is 1.39. The minimum Gasteiger partial charge on any atom is -0.488 e.